The van der Waals surface area contributed by atoms with Gasteiger partial charge in [-0.2, -0.15) is 5.10 Å². The topological polar surface area (TPSA) is 105 Å². The van der Waals surface area contributed by atoms with Gasteiger partial charge in [0.15, 0.2) is 22.2 Å². The Kier molecular flexibility index (Phi) is 7.17. The number of rotatable bonds is 8. The van der Waals surface area contributed by atoms with Gasteiger partial charge in [-0.25, -0.2) is 17.9 Å². The molecular weight excluding hydrogens is 444 g/mol. The van der Waals surface area contributed by atoms with Crippen molar-refractivity contribution < 1.29 is 27.5 Å². The smallest absolute Gasteiger partial charge is 0.331 e. The lowest BCUT2D eigenvalue weighted by molar-refractivity contribution is -0.136. The third kappa shape index (κ3) is 5.74. The molecule has 166 valence electrons. The van der Waals surface area contributed by atoms with Gasteiger partial charge in [-0.15, -0.1) is 0 Å². The molecule has 2 aromatic rings. The number of carbonyl (C=O) groups is 2. The van der Waals surface area contributed by atoms with Crippen molar-refractivity contribution in [2.45, 2.75) is 26.3 Å². The summed E-state index contributed by atoms with van der Waals surface area (Å²) in [6.07, 6.45) is 3.06. The summed E-state index contributed by atoms with van der Waals surface area (Å²) < 4.78 is 35.3. The average molecular weight is 467 g/mol. The molecule has 0 bridgehead atoms. The fraction of sp³-hybridized carbons (Fsp3) is 0.381. The predicted molar refractivity (Wildman–Crippen MR) is 116 cm³/mol. The fourth-order valence-electron chi connectivity index (χ4n) is 3.25. The Morgan fingerprint density at radius 2 is 2.00 bits per heavy atom. The van der Waals surface area contributed by atoms with Crippen LogP contribution in [0.25, 0.3) is 6.08 Å². The molecule has 3 rings (SSSR count). The van der Waals surface area contributed by atoms with Crippen LogP contribution >= 0.6 is 11.6 Å². The molecule has 31 heavy (non-hydrogen) atoms. The molecular formula is C21H23ClN2O6S. The van der Waals surface area contributed by atoms with Crippen molar-refractivity contribution in [2.75, 3.05) is 24.7 Å². The number of sulfone groups is 1. The second-order valence-electron chi connectivity index (χ2n) is 7.11. The standard InChI is InChI=1S/C21H23ClN2O6S/c1-3-29-17-6-4-15(5-7-17)19(25)12-30-20(26)9-8-18-14(2)23-24(21(18)22)16-10-11-31(27,28)13-16/h4-9,16H,3,10-13H2,1-2H3/b9-8+/t16-/m1/s1. The molecule has 1 aromatic carbocycles. The van der Waals surface area contributed by atoms with Crippen LogP contribution in [0.3, 0.4) is 0 Å². The number of esters is 1. The first-order valence-corrected chi connectivity index (χ1v) is 12.0. The van der Waals surface area contributed by atoms with Gasteiger partial charge >= 0.3 is 5.97 Å². The molecule has 0 spiro atoms. The Morgan fingerprint density at radius 1 is 1.29 bits per heavy atom. The lowest BCUT2D eigenvalue weighted by Gasteiger charge is -2.09. The maximum Gasteiger partial charge on any atom is 0.331 e. The molecule has 0 N–H and O–H groups in total. The van der Waals surface area contributed by atoms with E-state index in [9.17, 15) is 18.0 Å². The maximum absolute atomic E-state index is 12.2. The third-order valence-electron chi connectivity index (χ3n) is 4.84. The number of halogens is 1. The molecule has 0 saturated carbocycles. The Hall–Kier alpha value is -2.65. The van der Waals surface area contributed by atoms with Crippen LogP contribution in [0.4, 0.5) is 0 Å². The number of aryl methyl sites for hydroxylation is 1. The second kappa shape index (κ2) is 9.65. The van der Waals surface area contributed by atoms with Crippen LogP contribution in [0.5, 0.6) is 5.75 Å². The molecule has 0 radical (unpaired) electrons. The van der Waals surface area contributed by atoms with Crippen LogP contribution in [-0.2, 0) is 19.4 Å². The lowest BCUT2D eigenvalue weighted by atomic mass is 10.1. The zero-order valence-electron chi connectivity index (χ0n) is 17.2. The molecule has 1 aromatic heterocycles. The summed E-state index contributed by atoms with van der Waals surface area (Å²) in [5.74, 6) is -0.290. The third-order valence-corrected chi connectivity index (χ3v) is 6.97. The van der Waals surface area contributed by atoms with Gasteiger partial charge in [-0.3, -0.25) is 4.79 Å². The molecule has 0 unspecified atom stereocenters. The van der Waals surface area contributed by atoms with E-state index in [1.165, 1.54) is 10.8 Å². The molecule has 1 fully saturated rings. The molecule has 2 heterocycles. The summed E-state index contributed by atoms with van der Waals surface area (Å²) in [6.45, 7) is 3.71. The van der Waals surface area contributed by atoms with Crippen molar-refractivity contribution >= 4 is 39.3 Å². The highest BCUT2D eigenvalue weighted by Gasteiger charge is 2.31. The predicted octanol–water partition coefficient (Wildman–Crippen LogP) is 3.04. The summed E-state index contributed by atoms with van der Waals surface area (Å²) in [5.41, 5.74) is 1.47. The molecule has 8 nitrogen and oxygen atoms in total. The lowest BCUT2D eigenvalue weighted by Crippen LogP contribution is -2.12. The first kappa shape index (κ1) is 23.0. The number of benzene rings is 1. The van der Waals surface area contributed by atoms with Crippen molar-refractivity contribution in [2.24, 2.45) is 0 Å². The van der Waals surface area contributed by atoms with Gasteiger partial charge in [-0.05, 0) is 50.6 Å². The van der Waals surface area contributed by atoms with Crippen molar-refractivity contribution in [1.29, 1.82) is 0 Å². The molecule has 10 heteroatoms. The van der Waals surface area contributed by atoms with Gasteiger partial charge in [0.05, 0.1) is 29.8 Å². The highest BCUT2D eigenvalue weighted by atomic mass is 35.5. The molecule has 1 aliphatic heterocycles. The van der Waals surface area contributed by atoms with Gasteiger partial charge in [0.1, 0.15) is 10.9 Å². The van der Waals surface area contributed by atoms with E-state index in [-0.39, 0.29) is 28.5 Å². The monoisotopic (exact) mass is 466 g/mol. The zero-order valence-corrected chi connectivity index (χ0v) is 18.8. The van der Waals surface area contributed by atoms with E-state index in [2.05, 4.69) is 5.10 Å². The van der Waals surface area contributed by atoms with E-state index in [0.717, 1.165) is 6.08 Å². The molecule has 0 aliphatic carbocycles. The van der Waals surface area contributed by atoms with Gasteiger partial charge in [0.2, 0.25) is 0 Å². The highest BCUT2D eigenvalue weighted by molar-refractivity contribution is 7.91. The molecule has 0 amide bonds. The Bertz CT molecular complexity index is 1110. The molecule has 1 aliphatic rings. The van der Waals surface area contributed by atoms with Crippen LogP contribution in [-0.4, -0.2) is 54.7 Å². The van der Waals surface area contributed by atoms with Crippen LogP contribution < -0.4 is 4.74 Å². The quantitative estimate of drug-likeness (QED) is 0.334. The average Bonchev–Trinajstić information content (AvgIpc) is 3.23. The van der Waals surface area contributed by atoms with Crippen LogP contribution in [0.2, 0.25) is 5.15 Å². The van der Waals surface area contributed by atoms with Crippen molar-refractivity contribution in [3.05, 3.63) is 52.3 Å². The van der Waals surface area contributed by atoms with E-state index in [0.29, 0.717) is 35.6 Å². The number of aromatic nitrogens is 2. The largest absolute Gasteiger partial charge is 0.494 e. The number of ketones is 1. The second-order valence-corrected chi connectivity index (χ2v) is 9.70. The highest BCUT2D eigenvalue weighted by Crippen LogP contribution is 2.30. The number of hydrogen-bond acceptors (Lipinski definition) is 7. The van der Waals surface area contributed by atoms with E-state index >= 15 is 0 Å². The minimum absolute atomic E-state index is 0.00725. The van der Waals surface area contributed by atoms with Gasteiger partial charge in [0.25, 0.3) is 0 Å². The van der Waals surface area contributed by atoms with Crippen LogP contribution in [0.1, 0.15) is 41.0 Å². The van der Waals surface area contributed by atoms with Crippen LogP contribution in [0.15, 0.2) is 30.3 Å². The van der Waals surface area contributed by atoms with E-state index in [1.54, 1.807) is 31.2 Å². The van der Waals surface area contributed by atoms with Crippen LogP contribution in [0, 0.1) is 6.92 Å². The summed E-state index contributed by atoms with van der Waals surface area (Å²) in [7, 11) is -3.08. The minimum atomic E-state index is -3.08. The molecule has 1 atom stereocenters. The first-order valence-electron chi connectivity index (χ1n) is 9.76. The van der Waals surface area contributed by atoms with Crippen molar-refractivity contribution in [3.8, 4) is 5.75 Å². The summed E-state index contributed by atoms with van der Waals surface area (Å²) in [6, 6.07) is 6.25. The minimum Gasteiger partial charge on any atom is -0.494 e. The van der Waals surface area contributed by atoms with Gasteiger partial charge in [0, 0.05) is 17.2 Å². The number of carbonyl (C=O) groups excluding carboxylic acids is 2. The first-order chi connectivity index (χ1) is 14.7. The summed E-state index contributed by atoms with van der Waals surface area (Å²) in [5, 5.41) is 4.58. The van der Waals surface area contributed by atoms with Crippen molar-refractivity contribution in [3.63, 3.8) is 0 Å². The zero-order chi connectivity index (χ0) is 22.6. The normalized spacial score (nSPS) is 17.7. The molecule has 1 saturated heterocycles. The van der Waals surface area contributed by atoms with E-state index in [4.69, 9.17) is 21.1 Å². The number of nitrogens with zero attached hydrogens (tertiary/aromatic N) is 2. The van der Waals surface area contributed by atoms with E-state index in [1.807, 2.05) is 6.92 Å². The van der Waals surface area contributed by atoms with Gasteiger partial charge in [-0.1, -0.05) is 11.6 Å². The van der Waals surface area contributed by atoms with Gasteiger partial charge < -0.3 is 9.47 Å². The Labute approximate surface area is 185 Å². The number of hydrogen-bond donors (Lipinski definition) is 0. The van der Waals surface area contributed by atoms with E-state index < -0.39 is 22.4 Å². The SMILES string of the molecule is CCOc1ccc(C(=O)COC(=O)/C=C/c2c(C)nn([C@@H]3CCS(=O)(=O)C3)c2Cl)cc1. The number of ether oxygens (including phenoxy) is 2. The Morgan fingerprint density at radius 3 is 2.61 bits per heavy atom. The maximum atomic E-state index is 12.2. The summed E-state index contributed by atoms with van der Waals surface area (Å²) in [4.78, 5) is 24.2. The number of Topliss-reactive ketones (excluding diaryl/α,β-unsaturated/α-hetero) is 1. The Balaban J connectivity index is 1.59. The summed E-state index contributed by atoms with van der Waals surface area (Å²) >= 11 is 6.37. The van der Waals surface area contributed by atoms with Crippen molar-refractivity contribution in [1.82, 2.24) is 9.78 Å². The fourth-order valence-corrected chi connectivity index (χ4v) is 5.32.